The second kappa shape index (κ2) is 5.04. The highest BCUT2D eigenvalue weighted by Gasteiger charge is 2.16. The number of hydrogen-bond donors (Lipinski definition) is 1. The van der Waals surface area contributed by atoms with E-state index >= 15 is 0 Å². The molecule has 1 aromatic carbocycles. The Morgan fingerprint density at radius 3 is 2.94 bits per heavy atom. The fourth-order valence-corrected chi connectivity index (χ4v) is 2.12. The second-order valence-electron chi connectivity index (χ2n) is 4.28. The van der Waals surface area contributed by atoms with E-state index in [2.05, 4.69) is 21.4 Å². The van der Waals surface area contributed by atoms with Crippen molar-refractivity contribution < 1.29 is 4.79 Å². The molecule has 1 atom stereocenters. The first-order valence-electron chi connectivity index (χ1n) is 5.96. The topological polar surface area (TPSA) is 46.9 Å². The van der Waals surface area contributed by atoms with Gasteiger partial charge in [-0.05, 0) is 19.1 Å². The maximum absolute atomic E-state index is 11.1. The van der Waals surface area contributed by atoms with E-state index in [9.17, 15) is 4.79 Å². The first-order valence-corrected chi connectivity index (χ1v) is 5.96. The fraction of sp³-hybridized carbons (Fsp3) is 0.286. The number of rotatable bonds is 4. The number of allylic oxidation sites excluding steroid dienone is 1. The van der Waals surface area contributed by atoms with Crippen LogP contribution < -0.4 is 5.32 Å². The molecular weight excluding hydrogens is 226 g/mol. The molecule has 0 aliphatic heterocycles. The van der Waals surface area contributed by atoms with Crippen LogP contribution in [0.25, 0.3) is 11.0 Å². The van der Waals surface area contributed by atoms with Crippen LogP contribution in [0.1, 0.15) is 25.7 Å². The molecule has 0 aliphatic rings. The van der Waals surface area contributed by atoms with E-state index in [4.69, 9.17) is 0 Å². The van der Waals surface area contributed by atoms with E-state index in [0.29, 0.717) is 6.54 Å². The molecule has 1 heterocycles. The minimum Gasteiger partial charge on any atom is -0.347 e. The van der Waals surface area contributed by atoms with Crippen molar-refractivity contribution in [2.24, 2.45) is 0 Å². The number of nitrogens with one attached hydrogen (secondary N) is 1. The summed E-state index contributed by atoms with van der Waals surface area (Å²) in [7, 11) is 0. The van der Waals surface area contributed by atoms with Gasteiger partial charge in [-0.2, -0.15) is 0 Å². The lowest BCUT2D eigenvalue weighted by Gasteiger charge is -2.14. The zero-order valence-electron chi connectivity index (χ0n) is 10.7. The summed E-state index contributed by atoms with van der Waals surface area (Å²) in [6.07, 6.45) is 1.83. The summed E-state index contributed by atoms with van der Waals surface area (Å²) in [6.45, 7) is 7.89. The number of aromatic nitrogens is 2. The van der Waals surface area contributed by atoms with Gasteiger partial charge in [0, 0.05) is 13.5 Å². The van der Waals surface area contributed by atoms with Gasteiger partial charge in [-0.15, -0.1) is 6.58 Å². The number of hydrogen-bond acceptors (Lipinski definition) is 2. The third-order valence-electron chi connectivity index (χ3n) is 2.80. The van der Waals surface area contributed by atoms with Gasteiger partial charge in [0.2, 0.25) is 5.91 Å². The van der Waals surface area contributed by atoms with Crippen molar-refractivity contribution in [3.8, 4) is 0 Å². The Morgan fingerprint density at radius 1 is 1.56 bits per heavy atom. The van der Waals surface area contributed by atoms with Gasteiger partial charge in [0.15, 0.2) is 0 Å². The summed E-state index contributed by atoms with van der Waals surface area (Å²) >= 11 is 0. The summed E-state index contributed by atoms with van der Waals surface area (Å²) in [5.41, 5.74) is 2.00. The lowest BCUT2D eigenvalue weighted by atomic mass is 10.3. The zero-order valence-corrected chi connectivity index (χ0v) is 10.7. The van der Waals surface area contributed by atoms with Crippen molar-refractivity contribution in [1.82, 2.24) is 14.9 Å². The molecule has 4 heteroatoms. The van der Waals surface area contributed by atoms with E-state index < -0.39 is 0 Å². The summed E-state index contributed by atoms with van der Waals surface area (Å²) in [6, 6.07) is 7.82. The van der Waals surface area contributed by atoms with Gasteiger partial charge >= 0.3 is 0 Å². The highest BCUT2D eigenvalue weighted by molar-refractivity contribution is 5.77. The average Bonchev–Trinajstić information content (AvgIpc) is 2.68. The van der Waals surface area contributed by atoms with E-state index in [1.165, 1.54) is 6.92 Å². The molecule has 0 fully saturated rings. The molecule has 0 spiro atoms. The lowest BCUT2D eigenvalue weighted by Crippen LogP contribution is -2.26. The standard InChI is InChI=1S/C14H17N3O/c1-4-9-17-13-8-6-5-7-12(13)16-14(17)10(2)15-11(3)18/h4-8,10H,1,9H2,2-3H3,(H,15,18)/t10-/m0/s1. The monoisotopic (exact) mass is 243 g/mol. The first kappa shape index (κ1) is 12.4. The van der Waals surface area contributed by atoms with Crippen molar-refractivity contribution in [3.63, 3.8) is 0 Å². The SMILES string of the molecule is C=CCn1c([C@H](C)NC(C)=O)nc2ccccc21. The van der Waals surface area contributed by atoms with Crippen molar-refractivity contribution in [2.75, 3.05) is 0 Å². The molecule has 0 bridgehead atoms. The number of nitrogens with zero attached hydrogens (tertiary/aromatic N) is 2. The first-order chi connectivity index (χ1) is 8.63. The second-order valence-corrected chi connectivity index (χ2v) is 4.28. The van der Waals surface area contributed by atoms with E-state index in [0.717, 1.165) is 16.9 Å². The van der Waals surface area contributed by atoms with Crippen LogP contribution in [0.2, 0.25) is 0 Å². The molecule has 0 radical (unpaired) electrons. The number of para-hydroxylation sites is 2. The largest absolute Gasteiger partial charge is 0.347 e. The van der Waals surface area contributed by atoms with Crippen molar-refractivity contribution in [2.45, 2.75) is 26.4 Å². The number of carbonyl (C=O) groups excluding carboxylic acids is 1. The predicted octanol–water partition coefficient (Wildman–Crippen LogP) is 2.42. The van der Waals surface area contributed by atoms with Gasteiger partial charge in [0.25, 0.3) is 0 Å². The number of amides is 1. The number of imidazole rings is 1. The molecule has 2 rings (SSSR count). The Bertz CT molecular complexity index is 586. The molecule has 0 unspecified atom stereocenters. The van der Waals surface area contributed by atoms with Crippen molar-refractivity contribution >= 4 is 16.9 Å². The quantitative estimate of drug-likeness (QED) is 0.838. The normalized spacial score (nSPS) is 12.3. The van der Waals surface area contributed by atoms with Gasteiger partial charge in [0.05, 0.1) is 17.1 Å². The molecule has 1 amide bonds. The minimum absolute atomic E-state index is 0.0558. The van der Waals surface area contributed by atoms with Crippen LogP contribution >= 0.6 is 0 Å². The van der Waals surface area contributed by atoms with E-state index in [-0.39, 0.29) is 11.9 Å². The molecule has 18 heavy (non-hydrogen) atoms. The molecule has 4 nitrogen and oxygen atoms in total. The van der Waals surface area contributed by atoms with Crippen LogP contribution in [-0.4, -0.2) is 15.5 Å². The number of carbonyl (C=O) groups is 1. The Balaban J connectivity index is 2.51. The van der Waals surface area contributed by atoms with Gasteiger partial charge < -0.3 is 9.88 Å². The van der Waals surface area contributed by atoms with Crippen LogP contribution in [-0.2, 0) is 11.3 Å². The Hall–Kier alpha value is -2.10. The molecule has 0 saturated heterocycles. The van der Waals surface area contributed by atoms with Gasteiger partial charge in [0.1, 0.15) is 5.82 Å². The summed E-state index contributed by atoms with van der Waals surface area (Å²) < 4.78 is 2.07. The fourth-order valence-electron chi connectivity index (χ4n) is 2.12. The zero-order chi connectivity index (χ0) is 13.1. The van der Waals surface area contributed by atoms with Crippen molar-refractivity contribution in [1.29, 1.82) is 0 Å². The predicted molar refractivity (Wildman–Crippen MR) is 72.2 cm³/mol. The highest BCUT2D eigenvalue weighted by atomic mass is 16.1. The van der Waals surface area contributed by atoms with Gasteiger partial charge in [-0.3, -0.25) is 4.79 Å². The summed E-state index contributed by atoms with van der Waals surface area (Å²) in [5, 5.41) is 2.86. The molecular formula is C14H17N3O. The van der Waals surface area contributed by atoms with E-state index in [1.54, 1.807) is 0 Å². The third-order valence-corrected chi connectivity index (χ3v) is 2.80. The lowest BCUT2D eigenvalue weighted by molar-refractivity contribution is -0.119. The third kappa shape index (κ3) is 2.27. The van der Waals surface area contributed by atoms with E-state index in [1.807, 2.05) is 37.3 Å². The number of fused-ring (bicyclic) bond motifs is 1. The number of benzene rings is 1. The summed E-state index contributed by atoms with van der Waals surface area (Å²) in [4.78, 5) is 15.7. The Kier molecular flexibility index (Phi) is 3.46. The average molecular weight is 243 g/mol. The maximum Gasteiger partial charge on any atom is 0.217 e. The van der Waals surface area contributed by atoms with Gasteiger partial charge in [-0.25, -0.2) is 4.98 Å². The molecule has 0 saturated carbocycles. The molecule has 94 valence electrons. The maximum atomic E-state index is 11.1. The summed E-state index contributed by atoms with van der Waals surface area (Å²) in [5.74, 6) is 0.797. The molecule has 2 aromatic rings. The Labute approximate surface area is 106 Å². The highest BCUT2D eigenvalue weighted by Crippen LogP contribution is 2.20. The van der Waals surface area contributed by atoms with Gasteiger partial charge in [-0.1, -0.05) is 18.2 Å². The van der Waals surface area contributed by atoms with Crippen LogP contribution in [0.4, 0.5) is 0 Å². The van der Waals surface area contributed by atoms with Crippen LogP contribution in [0.5, 0.6) is 0 Å². The molecule has 0 aliphatic carbocycles. The Morgan fingerprint density at radius 2 is 2.28 bits per heavy atom. The molecule has 1 N–H and O–H groups in total. The molecule has 1 aromatic heterocycles. The van der Waals surface area contributed by atoms with Crippen LogP contribution in [0.3, 0.4) is 0 Å². The van der Waals surface area contributed by atoms with Crippen LogP contribution in [0, 0.1) is 0 Å². The minimum atomic E-state index is -0.116. The van der Waals surface area contributed by atoms with Crippen molar-refractivity contribution in [3.05, 3.63) is 42.7 Å². The smallest absolute Gasteiger partial charge is 0.217 e. The van der Waals surface area contributed by atoms with Crippen LogP contribution in [0.15, 0.2) is 36.9 Å².